The summed E-state index contributed by atoms with van der Waals surface area (Å²) in [5, 5.41) is 15.4. The van der Waals surface area contributed by atoms with Gasteiger partial charge < -0.3 is 15.3 Å². The highest BCUT2D eigenvalue weighted by Crippen LogP contribution is 2.06. The number of halogens is 1. The van der Waals surface area contributed by atoms with E-state index in [0.717, 1.165) is 23.9 Å². The van der Waals surface area contributed by atoms with Crippen molar-refractivity contribution in [3.05, 3.63) is 16.9 Å². The summed E-state index contributed by atoms with van der Waals surface area (Å²) in [6.45, 7) is 1.58. The van der Waals surface area contributed by atoms with E-state index in [1.165, 1.54) is 4.90 Å². The van der Waals surface area contributed by atoms with Crippen molar-refractivity contribution >= 4 is 27.9 Å². The van der Waals surface area contributed by atoms with Crippen molar-refractivity contribution in [3.8, 4) is 0 Å². The largest absolute Gasteiger partial charge is 0.481 e. The summed E-state index contributed by atoms with van der Waals surface area (Å²) in [6, 6.07) is -0.243. The molecule has 1 aromatic heterocycles. The fraction of sp³-hybridized carbons (Fsp3) is 0.583. The first kappa shape index (κ1) is 16.5. The molecule has 0 aliphatic heterocycles. The number of aryl methyl sites for hydroxylation is 1. The number of carbonyl (C=O) groups excluding carboxylic acids is 1. The molecule has 112 valence electrons. The number of unbranched alkanes of at least 4 members (excludes halogenated alkanes) is 1. The van der Waals surface area contributed by atoms with Crippen LogP contribution in [0, 0.1) is 0 Å². The van der Waals surface area contributed by atoms with E-state index in [0.29, 0.717) is 6.54 Å². The number of urea groups is 1. The predicted octanol–water partition coefficient (Wildman–Crippen LogP) is 1.54. The molecule has 0 saturated carbocycles. The van der Waals surface area contributed by atoms with Crippen LogP contribution in [-0.4, -0.2) is 51.9 Å². The summed E-state index contributed by atoms with van der Waals surface area (Å²) in [5.41, 5.74) is 0. The Morgan fingerprint density at radius 3 is 2.85 bits per heavy atom. The van der Waals surface area contributed by atoms with E-state index in [2.05, 4.69) is 26.3 Å². The second-order valence-electron chi connectivity index (χ2n) is 4.43. The third-order valence-electron chi connectivity index (χ3n) is 2.70. The first-order chi connectivity index (χ1) is 9.49. The van der Waals surface area contributed by atoms with Gasteiger partial charge >= 0.3 is 12.0 Å². The molecule has 2 amide bonds. The second-order valence-corrected chi connectivity index (χ2v) is 5.34. The van der Waals surface area contributed by atoms with E-state index in [9.17, 15) is 9.59 Å². The van der Waals surface area contributed by atoms with Crippen LogP contribution in [0.4, 0.5) is 4.79 Å². The zero-order valence-electron chi connectivity index (χ0n) is 11.4. The maximum Gasteiger partial charge on any atom is 0.317 e. The average molecular weight is 347 g/mol. The number of carboxylic acids is 1. The Balaban J connectivity index is 2.08. The lowest BCUT2D eigenvalue weighted by molar-refractivity contribution is -0.137. The van der Waals surface area contributed by atoms with Crippen LogP contribution < -0.4 is 5.32 Å². The van der Waals surface area contributed by atoms with Gasteiger partial charge in [-0.2, -0.15) is 5.10 Å². The molecule has 0 aliphatic carbocycles. The molecule has 0 spiro atoms. The number of rotatable bonds is 8. The topological polar surface area (TPSA) is 87.5 Å². The van der Waals surface area contributed by atoms with Gasteiger partial charge in [0.15, 0.2) is 0 Å². The van der Waals surface area contributed by atoms with Crippen LogP contribution in [0.5, 0.6) is 0 Å². The van der Waals surface area contributed by atoms with Gasteiger partial charge in [-0.25, -0.2) is 4.79 Å². The van der Waals surface area contributed by atoms with Crippen molar-refractivity contribution in [3.63, 3.8) is 0 Å². The number of amides is 2. The van der Waals surface area contributed by atoms with Gasteiger partial charge in [0, 0.05) is 32.9 Å². The zero-order chi connectivity index (χ0) is 15.0. The fourth-order valence-corrected chi connectivity index (χ4v) is 1.88. The quantitative estimate of drug-likeness (QED) is 0.699. The molecule has 0 fully saturated rings. The summed E-state index contributed by atoms with van der Waals surface area (Å²) in [4.78, 5) is 23.4. The lowest BCUT2D eigenvalue weighted by atomic mass is 10.3. The van der Waals surface area contributed by atoms with Gasteiger partial charge in [0.05, 0.1) is 17.1 Å². The number of aromatic nitrogens is 2. The molecule has 0 aliphatic rings. The van der Waals surface area contributed by atoms with Crippen LogP contribution in [0.15, 0.2) is 16.9 Å². The summed E-state index contributed by atoms with van der Waals surface area (Å²) < 4.78 is 2.79. The number of carboxylic acid groups (broad SMARTS) is 1. The number of nitrogens with zero attached hydrogens (tertiary/aromatic N) is 3. The highest BCUT2D eigenvalue weighted by Gasteiger charge is 2.08. The second kappa shape index (κ2) is 8.57. The number of carbonyl (C=O) groups is 2. The van der Waals surface area contributed by atoms with Gasteiger partial charge in [-0.1, -0.05) is 0 Å². The predicted molar refractivity (Wildman–Crippen MR) is 77.4 cm³/mol. The maximum absolute atomic E-state index is 11.6. The van der Waals surface area contributed by atoms with Crippen LogP contribution in [0.3, 0.4) is 0 Å². The van der Waals surface area contributed by atoms with E-state index in [1.807, 2.05) is 10.9 Å². The first-order valence-electron chi connectivity index (χ1n) is 6.37. The van der Waals surface area contributed by atoms with Crippen molar-refractivity contribution in [1.82, 2.24) is 20.0 Å². The molecule has 0 bridgehead atoms. The lowest BCUT2D eigenvalue weighted by Gasteiger charge is -2.16. The van der Waals surface area contributed by atoms with Gasteiger partial charge in [-0.3, -0.25) is 9.48 Å². The van der Waals surface area contributed by atoms with Crippen molar-refractivity contribution in [2.24, 2.45) is 0 Å². The van der Waals surface area contributed by atoms with Gasteiger partial charge in [0.2, 0.25) is 0 Å². The minimum absolute atomic E-state index is 0.0436. The zero-order valence-corrected chi connectivity index (χ0v) is 13.0. The van der Waals surface area contributed by atoms with E-state index in [4.69, 9.17) is 5.11 Å². The molecular formula is C12H19BrN4O3. The number of hydrogen-bond donors (Lipinski definition) is 2. The molecule has 1 rings (SSSR count). The summed E-state index contributed by atoms with van der Waals surface area (Å²) in [7, 11) is 1.58. The van der Waals surface area contributed by atoms with Crippen LogP contribution in [0.1, 0.15) is 19.3 Å². The smallest absolute Gasteiger partial charge is 0.317 e. The standard InChI is InChI=1S/C12H19BrN4O3/c1-16(7-4-11(18)19)12(20)14-5-2-3-6-17-9-10(13)8-15-17/h8-9H,2-7H2,1H3,(H,14,20)(H,18,19). The molecular weight excluding hydrogens is 328 g/mol. The molecule has 0 saturated heterocycles. The van der Waals surface area contributed by atoms with Crippen LogP contribution in [0.2, 0.25) is 0 Å². The van der Waals surface area contributed by atoms with Gasteiger partial charge in [0.1, 0.15) is 0 Å². The highest BCUT2D eigenvalue weighted by molar-refractivity contribution is 9.10. The average Bonchev–Trinajstić information content (AvgIpc) is 2.81. The Hall–Kier alpha value is -1.57. The molecule has 1 heterocycles. The SMILES string of the molecule is CN(CCC(=O)O)C(=O)NCCCCn1cc(Br)cn1. The molecule has 0 atom stereocenters. The van der Waals surface area contributed by atoms with Crippen LogP contribution in [0.25, 0.3) is 0 Å². The van der Waals surface area contributed by atoms with Crippen molar-refractivity contribution < 1.29 is 14.7 Å². The summed E-state index contributed by atoms with van der Waals surface area (Å²) >= 11 is 3.33. The molecule has 8 heteroatoms. The minimum atomic E-state index is -0.907. The Bertz CT molecular complexity index is 450. The molecule has 7 nitrogen and oxygen atoms in total. The van der Waals surface area contributed by atoms with Gasteiger partial charge in [0.25, 0.3) is 0 Å². The Morgan fingerprint density at radius 2 is 2.25 bits per heavy atom. The monoisotopic (exact) mass is 346 g/mol. The van der Waals surface area contributed by atoms with E-state index >= 15 is 0 Å². The Morgan fingerprint density at radius 1 is 1.50 bits per heavy atom. The molecule has 0 unspecified atom stereocenters. The molecule has 1 aromatic rings. The van der Waals surface area contributed by atoms with E-state index < -0.39 is 5.97 Å². The van der Waals surface area contributed by atoms with E-state index in [-0.39, 0.29) is 19.0 Å². The van der Waals surface area contributed by atoms with Crippen LogP contribution in [-0.2, 0) is 11.3 Å². The van der Waals surface area contributed by atoms with Crippen molar-refractivity contribution in [2.45, 2.75) is 25.8 Å². The van der Waals surface area contributed by atoms with Crippen LogP contribution >= 0.6 is 15.9 Å². The third-order valence-corrected chi connectivity index (χ3v) is 3.11. The highest BCUT2D eigenvalue weighted by atomic mass is 79.9. The first-order valence-corrected chi connectivity index (χ1v) is 7.17. The number of nitrogens with one attached hydrogen (secondary N) is 1. The van der Waals surface area contributed by atoms with E-state index in [1.54, 1.807) is 13.2 Å². The molecule has 0 aromatic carbocycles. The van der Waals surface area contributed by atoms with Gasteiger partial charge in [-0.05, 0) is 28.8 Å². The number of aliphatic carboxylic acids is 1. The molecule has 20 heavy (non-hydrogen) atoms. The summed E-state index contributed by atoms with van der Waals surface area (Å²) in [5.74, 6) is -0.907. The normalized spacial score (nSPS) is 10.3. The Kier molecular flexibility index (Phi) is 7.06. The molecule has 0 radical (unpaired) electrons. The Labute approximate surface area is 126 Å². The van der Waals surface area contributed by atoms with Crippen molar-refractivity contribution in [2.75, 3.05) is 20.1 Å². The third kappa shape index (κ3) is 6.55. The fourth-order valence-electron chi connectivity index (χ4n) is 1.55. The maximum atomic E-state index is 11.6. The minimum Gasteiger partial charge on any atom is -0.481 e. The lowest BCUT2D eigenvalue weighted by Crippen LogP contribution is -2.38. The van der Waals surface area contributed by atoms with Crippen molar-refractivity contribution in [1.29, 1.82) is 0 Å². The van der Waals surface area contributed by atoms with Gasteiger partial charge in [-0.15, -0.1) is 0 Å². The molecule has 2 N–H and O–H groups in total. The number of hydrogen-bond acceptors (Lipinski definition) is 3. The summed E-state index contributed by atoms with van der Waals surface area (Å²) in [6.07, 6.45) is 5.35.